The molecule has 0 bridgehead atoms. The maximum Gasteiger partial charge on any atom is 0.292 e. The molecule has 0 aliphatic rings. The number of hydrogen-bond acceptors (Lipinski definition) is 4. The van der Waals surface area contributed by atoms with Crippen molar-refractivity contribution in [2.75, 3.05) is 12.4 Å². The van der Waals surface area contributed by atoms with Gasteiger partial charge in [-0.25, -0.2) is 0 Å². The summed E-state index contributed by atoms with van der Waals surface area (Å²) in [6, 6.07) is 7.97. The molecule has 7 heteroatoms. The molecule has 0 saturated heterocycles. The Balaban J connectivity index is 2.39. The number of nitrogens with zero attached hydrogens (tertiary/aromatic N) is 2. The molecule has 2 aromatic rings. The van der Waals surface area contributed by atoms with Crippen molar-refractivity contribution >= 4 is 27.3 Å². The molecule has 0 saturated carbocycles. The van der Waals surface area contributed by atoms with Gasteiger partial charge in [0.1, 0.15) is 5.69 Å². The minimum absolute atomic E-state index is 0.00644. The van der Waals surface area contributed by atoms with Crippen LogP contribution in [0.4, 0.5) is 11.4 Å². The van der Waals surface area contributed by atoms with Gasteiger partial charge < -0.3 is 9.88 Å². The van der Waals surface area contributed by atoms with Gasteiger partial charge in [-0.3, -0.25) is 14.9 Å². The first-order valence-electron chi connectivity index (χ1n) is 5.82. The van der Waals surface area contributed by atoms with E-state index in [1.807, 2.05) is 0 Å². The van der Waals surface area contributed by atoms with E-state index in [1.54, 1.807) is 31.4 Å². The summed E-state index contributed by atoms with van der Waals surface area (Å²) < 4.78 is 2.26. The maximum atomic E-state index is 11.7. The van der Waals surface area contributed by atoms with Crippen molar-refractivity contribution in [2.24, 2.45) is 0 Å². The lowest BCUT2D eigenvalue weighted by atomic mass is 10.1. The molecule has 0 atom stereocenters. The minimum Gasteiger partial charge on any atom is -0.383 e. The Kier molecular flexibility index (Phi) is 4.19. The van der Waals surface area contributed by atoms with Crippen LogP contribution in [0, 0.1) is 10.1 Å². The lowest BCUT2D eigenvalue weighted by Crippen LogP contribution is -2.18. The van der Waals surface area contributed by atoms with Crippen molar-refractivity contribution in [3.8, 4) is 0 Å². The topological polar surface area (TPSA) is 77.2 Å². The standard InChI is InChI=1S/C13H12BrN3O3/c1-15-11-4-2-9(6-12(11)17(19)20)7-16-8-10(14)3-5-13(16)18/h2-6,8,15H,7H2,1H3. The fourth-order valence-corrected chi connectivity index (χ4v) is 2.24. The predicted molar refractivity (Wildman–Crippen MR) is 80.1 cm³/mol. The zero-order valence-corrected chi connectivity index (χ0v) is 12.3. The molecule has 1 aromatic carbocycles. The Hall–Kier alpha value is -2.15. The van der Waals surface area contributed by atoms with Crippen LogP contribution in [0.2, 0.25) is 0 Å². The molecule has 2 rings (SSSR count). The van der Waals surface area contributed by atoms with E-state index in [0.717, 1.165) is 4.47 Å². The zero-order chi connectivity index (χ0) is 14.7. The third kappa shape index (κ3) is 3.05. The average Bonchev–Trinajstić information content (AvgIpc) is 2.42. The smallest absolute Gasteiger partial charge is 0.292 e. The highest BCUT2D eigenvalue weighted by atomic mass is 79.9. The summed E-state index contributed by atoms with van der Waals surface area (Å²) in [5.74, 6) is 0. The van der Waals surface area contributed by atoms with E-state index in [1.165, 1.54) is 16.7 Å². The van der Waals surface area contributed by atoms with E-state index in [4.69, 9.17) is 0 Å². The summed E-state index contributed by atoms with van der Waals surface area (Å²) in [6.45, 7) is 0.281. The van der Waals surface area contributed by atoms with Crippen LogP contribution in [0.5, 0.6) is 0 Å². The van der Waals surface area contributed by atoms with Gasteiger partial charge in [0.15, 0.2) is 0 Å². The van der Waals surface area contributed by atoms with Gasteiger partial charge in [0.25, 0.3) is 11.2 Å². The summed E-state index contributed by atoms with van der Waals surface area (Å²) in [6.07, 6.45) is 1.65. The highest BCUT2D eigenvalue weighted by Crippen LogP contribution is 2.25. The van der Waals surface area contributed by atoms with Crippen LogP contribution in [0.1, 0.15) is 5.56 Å². The van der Waals surface area contributed by atoms with Gasteiger partial charge in [-0.1, -0.05) is 6.07 Å². The second-order valence-electron chi connectivity index (χ2n) is 4.17. The van der Waals surface area contributed by atoms with Crippen LogP contribution in [0.15, 0.2) is 45.8 Å². The van der Waals surface area contributed by atoms with Gasteiger partial charge in [-0.15, -0.1) is 0 Å². The molecule has 0 radical (unpaired) electrons. The molecule has 1 aromatic heterocycles. The quantitative estimate of drug-likeness (QED) is 0.687. The van der Waals surface area contributed by atoms with Crippen LogP contribution < -0.4 is 10.9 Å². The number of pyridine rings is 1. The third-order valence-electron chi connectivity index (χ3n) is 2.83. The van der Waals surface area contributed by atoms with Gasteiger partial charge >= 0.3 is 0 Å². The van der Waals surface area contributed by atoms with Gasteiger partial charge in [-0.05, 0) is 33.6 Å². The number of nitro benzene ring substituents is 1. The lowest BCUT2D eigenvalue weighted by molar-refractivity contribution is -0.384. The maximum absolute atomic E-state index is 11.7. The highest BCUT2D eigenvalue weighted by molar-refractivity contribution is 9.10. The average molecular weight is 338 g/mol. The molecule has 1 heterocycles. The summed E-state index contributed by atoms with van der Waals surface area (Å²) in [4.78, 5) is 22.3. The van der Waals surface area contributed by atoms with E-state index < -0.39 is 4.92 Å². The molecule has 0 spiro atoms. The molecule has 1 N–H and O–H groups in total. The Morgan fingerprint density at radius 1 is 1.35 bits per heavy atom. The normalized spacial score (nSPS) is 10.3. The number of aromatic nitrogens is 1. The van der Waals surface area contributed by atoms with Crippen LogP contribution in [-0.4, -0.2) is 16.5 Å². The molecule has 0 amide bonds. The molecule has 0 aliphatic carbocycles. The molecule has 20 heavy (non-hydrogen) atoms. The second-order valence-corrected chi connectivity index (χ2v) is 5.09. The Labute approximate surface area is 123 Å². The summed E-state index contributed by atoms with van der Waals surface area (Å²) >= 11 is 3.29. The van der Waals surface area contributed by atoms with Gasteiger partial charge in [0.05, 0.1) is 11.5 Å². The number of nitro groups is 1. The molecule has 0 unspecified atom stereocenters. The van der Waals surface area contributed by atoms with E-state index >= 15 is 0 Å². The van der Waals surface area contributed by atoms with E-state index in [0.29, 0.717) is 11.3 Å². The fourth-order valence-electron chi connectivity index (χ4n) is 1.86. The molecule has 6 nitrogen and oxygen atoms in total. The van der Waals surface area contributed by atoms with Gasteiger partial charge in [-0.2, -0.15) is 0 Å². The van der Waals surface area contributed by atoms with Crippen LogP contribution in [-0.2, 0) is 6.54 Å². The van der Waals surface area contributed by atoms with E-state index in [2.05, 4.69) is 21.2 Å². The van der Waals surface area contributed by atoms with Crippen molar-refractivity contribution in [1.29, 1.82) is 0 Å². The second kappa shape index (κ2) is 5.87. The SMILES string of the molecule is CNc1ccc(Cn2cc(Br)ccc2=O)cc1[N+](=O)[O-]. The minimum atomic E-state index is -0.445. The van der Waals surface area contributed by atoms with Crippen molar-refractivity contribution < 1.29 is 4.92 Å². The number of nitrogens with one attached hydrogen (secondary N) is 1. The van der Waals surface area contributed by atoms with Crippen LogP contribution >= 0.6 is 15.9 Å². The number of anilines is 1. The Morgan fingerprint density at radius 3 is 2.75 bits per heavy atom. The zero-order valence-electron chi connectivity index (χ0n) is 10.7. The highest BCUT2D eigenvalue weighted by Gasteiger charge is 2.13. The monoisotopic (exact) mass is 337 g/mol. The largest absolute Gasteiger partial charge is 0.383 e. The first kappa shape index (κ1) is 14.3. The number of benzene rings is 1. The molecule has 104 valence electrons. The summed E-state index contributed by atoms with van der Waals surface area (Å²) in [5, 5.41) is 13.8. The first-order valence-corrected chi connectivity index (χ1v) is 6.61. The van der Waals surface area contributed by atoms with Crippen LogP contribution in [0.25, 0.3) is 0 Å². The van der Waals surface area contributed by atoms with Gasteiger partial charge in [0, 0.05) is 29.8 Å². The third-order valence-corrected chi connectivity index (χ3v) is 3.30. The number of rotatable bonds is 4. The van der Waals surface area contributed by atoms with Crippen molar-refractivity contribution in [3.05, 3.63) is 67.0 Å². The van der Waals surface area contributed by atoms with Crippen molar-refractivity contribution in [3.63, 3.8) is 0 Å². The Morgan fingerprint density at radius 2 is 2.10 bits per heavy atom. The summed E-state index contributed by atoms with van der Waals surface area (Å²) in [7, 11) is 1.63. The van der Waals surface area contributed by atoms with Crippen LogP contribution in [0.3, 0.4) is 0 Å². The fraction of sp³-hybridized carbons (Fsp3) is 0.154. The number of halogens is 1. The van der Waals surface area contributed by atoms with E-state index in [-0.39, 0.29) is 17.8 Å². The lowest BCUT2D eigenvalue weighted by Gasteiger charge is -2.08. The van der Waals surface area contributed by atoms with Gasteiger partial charge in [0.2, 0.25) is 0 Å². The molecule has 0 aliphatic heterocycles. The molecular formula is C13H12BrN3O3. The Bertz CT molecular complexity index is 712. The molecular weight excluding hydrogens is 326 g/mol. The van der Waals surface area contributed by atoms with Crippen molar-refractivity contribution in [2.45, 2.75) is 6.54 Å². The first-order chi connectivity index (χ1) is 9.51. The van der Waals surface area contributed by atoms with Crippen molar-refractivity contribution in [1.82, 2.24) is 4.57 Å². The van der Waals surface area contributed by atoms with E-state index in [9.17, 15) is 14.9 Å². The molecule has 0 fully saturated rings. The number of hydrogen-bond donors (Lipinski definition) is 1. The summed E-state index contributed by atoms with van der Waals surface area (Å²) in [5.41, 5.74) is 0.970. The predicted octanol–water partition coefficient (Wildman–Crippen LogP) is 2.61.